The van der Waals surface area contributed by atoms with Gasteiger partial charge in [-0.1, -0.05) is 24.3 Å². The van der Waals surface area contributed by atoms with Gasteiger partial charge in [-0.05, 0) is 43.2 Å². The van der Waals surface area contributed by atoms with Crippen molar-refractivity contribution >= 4 is 22.6 Å². The van der Waals surface area contributed by atoms with Gasteiger partial charge in [0.15, 0.2) is 0 Å². The van der Waals surface area contributed by atoms with Gasteiger partial charge in [0.05, 0.1) is 6.10 Å². The number of carbonyl (C=O) groups is 1. The van der Waals surface area contributed by atoms with E-state index in [-0.39, 0.29) is 12.6 Å². The summed E-state index contributed by atoms with van der Waals surface area (Å²) < 4.78 is 1.98. The van der Waals surface area contributed by atoms with Crippen LogP contribution >= 0.6 is 0 Å². The molecule has 1 unspecified atom stereocenters. The molecule has 130 valence electrons. The highest BCUT2D eigenvalue weighted by Gasteiger charge is 2.15. The third kappa shape index (κ3) is 3.83. The Morgan fingerprint density at radius 3 is 2.56 bits per heavy atom. The van der Waals surface area contributed by atoms with Crippen LogP contribution in [0, 0.1) is 13.8 Å². The van der Waals surface area contributed by atoms with Crippen LogP contribution in [-0.2, 0) is 7.05 Å². The van der Waals surface area contributed by atoms with Crippen LogP contribution in [0.15, 0.2) is 48.7 Å². The van der Waals surface area contributed by atoms with Crippen molar-refractivity contribution in [2.75, 3.05) is 11.9 Å². The number of hydrogen-bond donors (Lipinski definition) is 3. The first-order valence-electron chi connectivity index (χ1n) is 8.29. The van der Waals surface area contributed by atoms with E-state index >= 15 is 0 Å². The number of para-hydroxylation sites is 1. The maximum atomic E-state index is 12.1. The van der Waals surface area contributed by atoms with Gasteiger partial charge in [-0.25, -0.2) is 4.79 Å². The second-order valence-corrected chi connectivity index (χ2v) is 6.44. The Bertz CT molecular complexity index is 894. The number of aromatic nitrogens is 1. The molecule has 0 saturated heterocycles. The van der Waals surface area contributed by atoms with E-state index in [0.29, 0.717) is 0 Å². The molecule has 2 amide bonds. The van der Waals surface area contributed by atoms with Gasteiger partial charge in [0.2, 0.25) is 0 Å². The molecule has 3 N–H and O–H groups in total. The third-order valence-corrected chi connectivity index (χ3v) is 4.22. The smallest absolute Gasteiger partial charge is 0.319 e. The first-order chi connectivity index (χ1) is 11.9. The SMILES string of the molecule is Cc1cc(C)cc(NC(=O)NCC(O)c2cn(C)c3ccccc23)c1. The number of aliphatic hydroxyl groups is 1. The third-order valence-electron chi connectivity index (χ3n) is 4.22. The maximum Gasteiger partial charge on any atom is 0.319 e. The quantitative estimate of drug-likeness (QED) is 0.680. The number of aliphatic hydroxyl groups excluding tert-OH is 1. The summed E-state index contributed by atoms with van der Waals surface area (Å²) in [7, 11) is 1.94. The van der Waals surface area contributed by atoms with Crippen molar-refractivity contribution in [2.45, 2.75) is 20.0 Å². The summed E-state index contributed by atoms with van der Waals surface area (Å²) in [5.74, 6) is 0. The van der Waals surface area contributed by atoms with Gasteiger partial charge in [0, 0.05) is 41.9 Å². The zero-order chi connectivity index (χ0) is 18.0. The van der Waals surface area contributed by atoms with Gasteiger partial charge < -0.3 is 20.3 Å². The fourth-order valence-corrected chi connectivity index (χ4v) is 3.16. The van der Waals surface area contributed by atoms with Crippen LogP contribution in [-0.4, -0.2) is 22.2 Å². The summed E-state index contributed by atoms with van der Waals surface area (Å²) >= 11 is 0. The standard InChI is InChI=1S/C20H23N3O2/c1-13-8-14(2)10-15(9-13)22-20(25)21-11-19(24)17-12-23(3)18-7-5-4-6-16(17)18/h4-10,12,19,24H,11H2,1-3H3,(H2,21,22,25). The Balaban J connectivity index is 1.65. The second kappa shape index (κ2) is 6.99. The Morgan fingerprint density at radius 2 is 1.84 bits per heavy atom. The molecule has 5 heteroatoms. The van der Waals surface area contributed by atoms with Crippen molar-refractivity contribution in [1.82, 2.24) is 9.88 Å². The molecule has 3 rings (SSSR count). The Labute approximate surface area is 147 Å². The van der Waals surface area contributed by atoms with Crippen LogP contribution < -0.4 is 10.6 Å². The fourth-order valence-electron chi connectivity index (χ4n) is 3.16. The highest BCUT2D eigenvalue weighted by molar-refractivity contribution is 5.89. The van der Waals surface area contributed by atoms with Crippen LogP contribution in [0.5, 0.6) is 0 Å². The molecule has 1 atom stereocenters. The number of fused-ring (bicyclic) bond motifs is 1. The summed E-state index contributed by atoms with van der Waals surface area (Å²) in [6.45, 7) is 4.12. The maximum absolute atomic E-state index is 12.1. The molecule has 0 aliphatic rings. The Morgan fingerprint density at radius 1 is 1.16 bits per heavy atom. The number of anilines is 1. The number of benzene rings is 2. The number of rotatable bonds is 4. The average Bonchev–Trinajstić information content (AvgIpc) is 2.89. The number of carbonyl (C=O) groups excluding carboxylic acids is 1. The summed E-state index contributed by atoms with van der Waals surface area (Å²) in [4.78, 5) is 12.1. The minimum Gasteiger partial charge on any atom is -0.386 e. The van der Waals surface area contributed by atoms with Gasteiger partial charge in [0.1, 0.15) is 0 Å². The number of amides is 2. The summed E-state index contributed by atoms with van der Waals surface area (Å²) in [6, 6.07) is 13.4. The molecule has 5 nitrogen and oxygen atoms in total. The van der Waals surface area contributed by atoms with E-state index in [9.17, 15) is 9.90 Å². The Kier molecular flexibility index (Phi) is 4.76. The van der Waals surface area contributed by atoms with Crippen LogP contribution in [0.2, 0.25) is 0 Å². The van der Waals surface area contributed by atoms with Crippen LogP contribution in [0.4, 0.5) is 10.5 Å². The number of nitrogens with zero attached hydrogens (tertiary/aromatic N) is 1. The second-order valence-electron chi connectivity index (χ2n) is 6.44. The largest absolute Gasteiger partial charge is 0.386 e. The van der Waals surface area contributed by atoms with E-state index in [2.05, 4.69) is 10.6 Å². The first-order valence-corrected chi connectivity index (χ1v) is 8.29. The highest BCUT2D eigenvalue weighted by Crippen LogP contribution is 2.25. The molecule has 3 aromatic rings. The molecular weight excluding hydrogens is 314 g/mol. The number of hydrogen-bond acceptors (Lipinski definition) is 2. The van der Waals surface area contributed by atoms with Gasteiger partial charge in [-0.2, -0.15) is 0 Å². The van der Waals surface area contributed by atoms with Gasteiger partial charge in [-0.3, -0.25) is 0 Å². The Hall–Kier alpha value is -2.79. The van der Waals surface area contributed by atoms with E-state index in [1.54, 1.807) is 0 Å². The topological polar surface area (TPSA) is 66.3 Å². The lowest BCUT2D eigenvalue weighted by Gasteiger charge is -2.13. The zero-order valence-corrected chi connectivity index (χ0v) is 14.7. The molecule has 2 aromatic carbocycles. The van der Waals surface area contributed by atoms with E-state index in [1.807, 2.05) is 74.1 Å². The molecule has 0 aliphatic heterocycles. The number of urea groups is 1. The lowest BCUT2D eigenvalue weighted by atomic mass is 10.1. The van der Waals surface area contributed by atoms with Crippen molar-refractivity contribution in [3.8, 4) is 0 Å². The summed E-state index contributed by atoms with van der Waals surface area (Å²) in [6.07, 6.45) is 1.13. The van der Waals surface area contributed by atoms with Crippen LogP contribution in [0.25, 0.3) is 10.9 Å². The molecule has 1 aromatic heterocycles. The number of nitrogens with one attached hydrogen (secondary N) is 2. The lowest BCUT2D eigenvalue weighted by Crippen LogP contribution is -2.32. The molecule has 0 bridgehead atoms. The molecule has 1 heterocycles. The monoisotopic (exact) mass is 337 g/mol. The number of aryl methyl sites for hydroxylation is 3. The normalized spacial score (nSPS) is 12.2. The van der Waals surface area contributed by atoms with Crippen molar-refractivity contribution in [1.29, 1.82) is 0 Å². The lowest BCUT2D eigenvalue weighted by molar-refractivity contribution is 0.176. The molecule has 0 spiro atoms. The summed E-state index contributed by atoms with van der Waals surface area (Å²) in [5.41, 5.74) is 4.79. The minimum atomic E-state index is -0.768. The average molecular weight is 337 g/mol. The van der Waals surface area contributed by atoms with Crippen LogP contribution in [0.3, 0.4) is 0 Å². The van der Waals surface area contributed by atoms with E-state index in [1.165, 1.54) is 0 Å². The minimum absolute atomic E-state index is 0.143. The van der Waals surface area contributed by atoms with Crippen molar-refractivity contribution in [2.24, 2.45) is 7.05 Å². The molecule has 0 fully saturated rings. The predicted octanol–water partition coefficient (Wildman–Crippen LogP) is 3.65. The first kappa shape index (κ1) is 17.0. The fraction of sp³-hybridized carbons (Fsp3) is 0.250. The van der Waals surface area contributed by atoms with Crippen LogP contribution in [0.1, 0.15) is 22.8 Å². The van der Waals surface area contributed by atoms with Gasteiger partial charge in [-0.15, -0.1) is 0 Å². The molecular formula is C20H23N3O2. The molecule has 25 heavy (non-hydrogen) atoms. The molecule has 0 saturated carbocycles. The van der Waals surface area contributed by atoms with Crippen molar-refractivity contribution < 1.29 is 9.90 Å². The predicted molar refractivity (Wildman–Crippen MR) is 101 cm³/mol. The molecule has 0 radical (unpaired) electrons. The van der Waals surface area contributed by atoms with Crippen molar-refractivity contribution in [3.63, 3.8) is 0 Å². The van der Waals surface area contributed by atoms with E-state index in [4.69, 9.17) is 0 Å². The molecule has 0 aliphatic carbocycles. The van der Waals surface area contributed by atoms with Crippen molar-refractivity contribution in [3.05, 3.63) is 65.4 Å². The van der Waals surface area contributed by atoms with Gasteiger partial charge in [0.25, 0.3) is 0 Å². The highest BCUT2D eigenvalue weighted by atomic mass is 16.3. The van der Waals surface area contributed by atoms with E-state index < -0.39 is 6.10 Å². The van der Waals surface area contributed by atoms with Gasteiger partial charge >= 0.3 is 6.03 Å². The summed E-state index contributed by atoms with van der Waals surface area (Å²) in [5, 5.41) is 17.0. The zero-order valence-electron chi connectivity index (χ0n) is 14.7. The van der Waals surface area contributed by atoms with E-state index in [0.717, 1.165) is 33.3 Å².